The lowest BCUT2D eigenvalue weighted by Crippen LogP contribution is -2.47. The summed E-state index contributed by atoms with van der Waals surface area (Å²) < 4.78 is 10.2. The smallest absolute Gasteiger partial charge is 0.344 e. The standard InChI is InChI=1S/C18H25ClN2O5/c1-12-8-13(6-7-14(12)19)25-11-17(24)26-10-16(23)21(5)9-15(22)20-18(2,3)4/h6-8H,9-11H2,1-5H3,(H,20,22). The van der Waals surface area contributed by atoms with Crippen LogP contribution in [0.2, 0.25) is 5.02 Å². The van der Waals surface area contributed by atoms with Gasteiger partial charge < -0.3 is 19.7 Å². The van der Waals surface area contributed by atoms with Gasteiger partial charge in [0.05, 0.1) is 6.54 Å². The van der Waals surface area contributed by atoms with Crippen molar-refractivity contribution in [3.8, 4) is 5.75 Å². The van der Waals surface area contributed by atoms with E-state index in [4.69, 9.17) is 21.1 Å². The molecule has 0 fully saturated rings. The number of likely N-dealkylation sites (N-methyl/N-ethyl adjacent to an activating group) is 1. The van der Waals surface area contributed by atoms with Crippen LogP contribution in [0.25, 0.3) is 0 Å². The molecule has 2 amide bonds. The molecule has 0 atom stereocenters. The molecular formula is C18H25ClN2O5. The Morgan fingerprint density at radius 2 is 1.85 bits per heavy atom. The van der Waals surface area contributed by atoms with E-state index in [1.54, 1.807) is 18.2 Å². The first-order valence-electron chi connectivity index (χ1n) is 8.07. The van der Waals surface area contributed by atoms with E-state index in [1.807, 2.05) is 27.7 Å². The number of aryl methyl sites for hydroxylation is 1. The van der Waals surface area contributed by atoms with E-state index in [9.17, 15) is 14.4 Å². The third kappa shape index (κ3) is 8.20. The number of carbonyl (C=O) groups excluding carboxylic acids is 3. The van der Waals surface area contributed by atoms with Crippen LogP contribution >= 0.6 is 11.6 Å². The number of hydrogen-bond donors (Lipinski definition) is 1. The molecule has 0 unspecified atom stereocenters. The predicted octanol–water partition coefficient (Wildman–Crippen LogP) is 1.94. The zero-order valence-corrected chi connectivity index (χ0v) is 16.5. The van der Waals surface area contributed by atoms with Gasteiger partial charge in [-0.2, -0.15) is 0 Å². The van der Waals surface area contributed by atoms with Gasteiger partial charge in [-0.15, -0.1) is 0 Å². The second-order valence-corrected chi connectivity index (χ2v) is 7.32. The molecule has 0 radical (unpaired) electrons. The number of ether oxygens (including phenoxy) is 2. The van der Waals surface area contributed by atoms with Crippen molar-refractivity contribution in [1.29, 1.82) is 0 Å². The zero-order valence-electron chi connectivity index (χ0n) is 15.7. The maximum Gasteiger partial charge on any atom is 0.344 e. The van der Waals surface area contributed by atoms with Crippen LogP contribution in [0.15, 0.2) is 18.2 Å². The number of amides is 2. The Bertz CT molecular complexity index is 670. The van der Waals surface area contributed by atoms with Crippen molar-refractivity contribution < 1.29 is 23.9 Å². The van der Waals surface area contributed by atoms with Crippen LogP contribution in [0.4, 0.5) is 0 Å². The van der Waals surface area contributed by atoms with E-state index in [-0.39, 0.29) is 24.6 Å². The highest BCUT2D eigenvalue weighted by molar-refractivity contribution is 6.31. The third-order valence-corrected chi connectivity index (χ3v) is 3.59. The first kappa shape index (κ1) is 21.8. The second-order valence-electron chi connectivity index (χ2n) is 6.91. The number of rotatable bonds is 7. The molecule has 0 aliphatic heterocycles. The lowest BCUT2D eigenvalue weighted by Gasteiger charge is -2.23. The summed E-state index contributed by atoms with van der Waals surface area (Å²) in [5.41, 5.74) is 0.438. The Morgan fingerprint density at radius 3 is 2.42 bits per heavy atom. The van der Waals surface area contributed by atoms with Crippen molar-refractivity contribution in [2.45, 2.75) is 33.2 Å². The number of hydrogen-bond acceptors (Lipinski definition) is 5. The molecule has 0 saturated carbocycles. The highest BCUT2D eigenvalue weighted by atomic mass is 35.5. The van der Waals surface area contributed by atoms with Crippen molar-refractivity contribution in [2.75, 3.05) is 26.8 Å². The summed E-state index contributed by atoms with van der Waals surface area (Å²) in [5.74, 6) is -0.976. The van der Waals surface area contributed by atoms with E-state index in [1.165, 1.54) is 11.9 Å². The van der Waals surface area contributed by atoms with Crippen LogP contribution in [0.5, 0.6) is 5.75 Å². The molecule has 1 N–H and O–H groups in total. The molecule has 0 spiro atoms. The first-order valence-corrected chi connectivity index (χ1v) is 8.45. The van der Waals surface area contributed by atoms with Gasteiger partial charge in [0.15, 0.2) is 13.2 Å². The van der Waals surface area contributed by atoms with Gasteiger partial charge in [0, 0.05) is 17.6 Å². The number of carbonyl (C=O) groups is 3. The molecule has 0 saturated heterocycles. The Kier molecular flexibility index (Phi) is 7.89. The van der Waals surface area contributed by atoms with Gasteiger partial charge in [-0.3, -0.25) is 9.59 Å². The zero-order chi connectivity index (χ0) is 19.9. The van der Waals surface area contributed by atoms with Crippen molar-refractivity contribution in [3.63, 3.8) is 0 Å². The molecule has 1 aromatic carbocycles. The van der Waals surface area contributed by atoms with Crippen molar-refractivity contribution in [3.05, 3.63) is 28.8 Å². The van der Waals surface area contributed by atoms with Gasteiger partial charge in [0.2, 0.25) is 5.91 Å². The van der Waals surface area contributed by atoms with E-state index in [0.29, 0.717) is 10.8 Å². The highest BCUT2D eigenvalue weighted by Gasteiger charge is 2.18. The molecule has 144 valence electrons. The van der Waals surface area contributed by atoms with Crippen LogP contribution in [-0.2, 0) is 19.1 Å². The molecule has 1 rings (SSSR count). The number of esters is 1. The highest BCUT2D eigenvalue weighted by Crippen LogP contribution is 2.20. The molecule has 26 heavy (non-hydrogen) atoms. The lowest BCUT2D eigenvalue weighted by molar-refractivity contribution is -0.153. The van der Waals surface area contributed by atoms with Gasteiger partial charge in [-0.1, -0.05) is 11.6 Å². The van der Waals surface area contributed by atoms with Crippen molar-refractivity contribution in [2.24, 2.45) is 0 Å². The minimum absolute atomic E-state index is 0.117. The molecule has 0 aliphatic carbocycles. The normalized spacial score (nSPS) is 10.8. The summed E-state index contributed by atoms with van der Waals surface area (Å²) in [6.07, 6.45) is 0. The summed E-state index contributed by atoms with van der Waals surface area (Å²) >= 11 is 5.91. The Morgan fingerprint density at radius 1 is 1.19 bits per heavy atom. The van der Waals surface area contributed by atoms with Gasteiger partial charge in [-0.05, 0) is 51.5 Å². The largest absolute Gasteiger partial charge is 0.482 e. The predicted molar refractivity (Wildman–Crippen MR) is 98.2 cm³/mol. The number of halogens is 1. The molecule has 1 aromatic rings. The van der Waals surface area contributed by atoms with E-state index in [0.717, 1.165) is 5.56 Å². The van der Waals surface area contributed by atoms with Gasteiger partial charge >= 0.3 is 5.97 Å². The third-order valence-electron chi connectivity index (χ3n) is 3.16. The maximum absolute atomic E-state index is 11.9. The van der Waals surface area contributed by atoms with Crippen LogP contribution in [-0.4, -0.2) is 55.0 Å². The monoisotopic (exact) mass is 384 g/mol. The molecular weight excluding hydrogens is 360 g/mol. The lowest BCUT2D eigenvalue weighted by atomic mass is 10.1. The topological polar surface area (TPSA) is 84.9 Å². The van der Waals surface area contributed by atoms with Gasteiger partial charge in [0.1, 0.15) is 5.75 Å². The second kappa shape index (κ2) is 9.43. The average Bonchev–Trinajstić information content (AvgIpc) is 2.51. The van der Waals surface area contributed by atoms with Crippen LogP contribution in [0, 0.1) is 6.92 Å². The summed E-state index contributed by atoms with van der Waals surface area (Å²) in [5, 5.41) is 3.35. The van der Waals surface area contributed by atoms with E-state index < -0.39 is 18.5 Å². The van der Waals surface area contributed by atoms with Crippen LogP contribution in [0.3, 0.4) is 0 Å². The van der Waals surface area contributed by atoms with Crippen LogP contribution in [0.1, 0.15) is 26.3 Å². The fourth-order valence-electron chi connectivity index (χ4n) is 1.90. The molecule has 0 aromatic heterocycles. The van der Waals surface area contributed by atoms with E-state index >= 15 is 0 Å². The molecule has 7 nitrogen and oxygen atoms in total. The summed E-state index contributed by atoms with van der Waals surface area (Å²) in [7, 11) is 1.46. The van der Waals surface area contributed by atoms with Crippen molar-refractivity contribution in [1.82, 2.24) is 10.2 Å². The van der Waals surface area contributed by atoms with Crippen molar-refractivity contribution >= 4 is 29.4 Å². The summed E-state index contributed by atoms with van der Waals surface area (Å²) in [6, 6.07) is 5.00. The summed E-state index contributed by atoms with van der Waals surface area (Å²) in [4.78, 5) is 36.6. The van der Waals surface area contributed by atoms with Crippen LogP contribution < -0.4 is 10.1 Å². The Balaban J connectivity index is 2.35. The Labute approximate surface area is 158 Å². The number of nitrogens with one attached hydrogen (secondary N) is 1. The molecule has 0 bridgehead atoms. The van der Waals surface area contributed by atoms with Gasteiger partial charge in [-0.25, -0.2) is 4.79 Å². The number of benzene rings is 1. The Hall–Kier alpha value is -2.28. The van der Waals surface area contributed by atoms with Gasteiger partial charge in [0.25, 0.3) is 5.91 Å². The fraction of sp³-hybridized carbons (Fsp3) is 0.500. The maximum atomic E-state index is 11.9. The number of nitrogens with zero attached hydrogens (tertiary/aromatic N) is 1. The summed E-state index contributed by atoms with van der Waals surface area (Å²) in [6.45, 7) is 6.44. The van der Waals surface area contributed by atoms with E-state index in [2.05, 4.69) is 5.32 Å². The molecule has 8 heteroatoms. The SMILES string of the molecule is Cc1cc(OCC(=O)OCC(=O)N(C)CC(=O)NC(C)(C)C)ccc1Cl. The molecule has 0 aliphatic rings. The minimum atomic E-state index is -0.682. The first-order chi connectivity index (χ1) is 12.0. The average molecular weight is 385 g/mol. The fourth-order valence-corrected chi connectivity index (χ4v) is 2.02. The molecule has 0 heterocycles. The minimum Gasteiger partial charge on any atom is -0.482 e. The quantitative estimate of drug-likeness (QED) is 0.726.